The zero-order chi connectivity index (χ0) is 19.3. The Morgan fingerprint density at radius 1 is 0.704 bits per heavy atom. The Hall–Kier alpha value is -0.0800. The highest BCUT2D eigenvalue weighted by atomic mass is 16.3. The number of nitrogens with zero attached hydrogens (tertiary/aromatic N) is 1. The van der Waals surface area contributed by atoms with E-state index in [2.05, 4.69) is 20.8 Å². The van der Waals surface area contributed by atoms with E-state index in [9.17, 15) is 5.11 Å². The standard InChI is InChI=1S/C25H48NO/c1-4-7-8-9-10-11-14-26(5-2,6-3)15-12-13-25(27)23-17-21-16-22(19-23)20-24(25)18-21/h21-24,27H,4-20H2,1-3H3/q+1. The first kappa shape index (κ1) is 21.6. The molecular formula is C25H48NO+. The minimum absolute atomic E-state index is 0.301. The van der Waals surface area contributed by atoms with Crippen molar-refractivity contribution in [1.82, 2.24) is 0 Å². The fraction of sp³-hybridized carbons (Fsp3) is 1.00. The van der Waals surface area contributed by atoms with Crippen molar-refractivity contribution in [3.63, 3.8) is 0 Å². The molecule has 0 unspecified atom stereocenters. The van der Waals surface area contributed by atoms with Crippen molar-refractivity contribution in [3.8, 4) is 0 Å². The molecule has 4 saturated carbocycles. The van der Waals surface area contributed by atoms with Crippen molar-refractivity contribution in [2.24, 2.45) is 23.7 Å². The van der Waals surface area contributed by atoms with Gasteiger partial charge in [0.1, 0.15) is 0 Å². The molecule has 2 nitrogen and oxygen atoms in total. The maximum atomic E-state index is 11.6. The molecule has 0 aromatic heterocycles. The minimum Gasteiger partial charge on any atom is -0.389 e. The van der Waals surface area contributed by atoms with E-state index in [-0.39, 0.29) is 5.60 Å². The summed E-state index contributed by atoms with van der Waals surface area (Å²) < 4.78 is 1.28. The van der Waals surface area contributed by atoms with Crippen molar-refractivity contribution in [1.29, 1.82) is 0 Å². The van der Waals surface area contributed by atoms with Crippen molar-refractivity contribution >= 4 is 0 Å². The first-order chi connectivity index (χ1) is 13.0. The predicted molar refractivity (Wildman–Crippen MR) is 116 cm³/mol. The molecule has 0 aromatic carbocycles. The lowest BCUT2D eigenvalue weighted by Gasteiger charge is -2.59. The summed E-state index contributed by atoms with van der Waals surface area (Å²) in [5.74, 6) is 3.19. The van der Waals surface area contributed by atoms with Gasteiger partial charge in [-0.05, 0) is 95.3 Å². The number of unbranched alkanes of at least 4 members (excludes halogenated alkanes) is 5. The lowest BCUT2D eigenvalue weighted by atomic mass is 9.49. The molecular weight excluding hydrogens is 330 g/mol. The van der Waals surface area contributed by atoms with E-state index < -0.39 is 0 Å². The second-order valence-corrected chi connectivity index (χ2v) is 10.6. The molecule has 27 heavy (non-hydrogen) atoms. The smallest absolute Gasteiger partial charge is 0.0787 e. The molecule has 4 rings (SSSR count). The fourth-order valence-corrected chi connectivity index (χ4v) is 7.30. The molecule has 0 saturated heterocycles. The summed E-state index contributed by atoms with van der Waals surface area (Å²) in [7, 11) is 0. The monoisotopic (exact) mass is 378 g/mol. The third-order valence-electron chi connectivity index (χ3n) is 9.09. The first-order valence-corrected chi connectivity index (χ1v) is 12.6. The van der Waals surface area contributed by atoms with Crippen LogP contribution in [0.15, 0.2) is 0 Å². The molecule has 1 N–H and O–H groups in total. The Morgan fingerprint density at radius 3 is 1.78 bits per heavy atom. The molecule has 0 atom stereocenters. The molecule has 4 aliphatic rings. The summed E-state index contributed by atoms with van der Waals surface area (Å²) in [4.78, 5) is 0. The highest BCUT2D eigenvalue weighted by Gasteiger charge is 2.56. The third-order valence-corrected chi connectivity index (χ3v) is 9.09. The van der Waals surface area contributed by atoms with Crippen molar-refractivity contribution < 1.29 is 9.59 Å². The SMILES string of the molecule is CCCCCCCC[N+](CC)(CC)CCCC1(O)C2CC3CC(C2)CC1C3. The Balaban J connectivity index is 1.45. The lowest BCUT2D eigenvalue weighted by molar-refractivity contribution is -0.925. The van der Waals surface area contributed by atoms with Gasteiger partial charge in [-0.2, -0.15) is 0 Å². The quantitative estimate of drug-likeness (QED) is 0.300. The van der Waals surface area contributed by atoms with Crippen LogP contribution in [0.1, 0.15) is 104 Å². The van der Waals surface area contributed by atoms with Crippen LogP contribution < -0.4 is 0 Å². The molecule has 4 fully saturated rings. The van der Waals surface area contributed by atoms with Crippen LogP contribution in [0.2, 0.25) is 0 Å². The van der Waals surface area contributed by atoms with Crippen LogP contribution in [0, 0.1) is 23.7 Å². The van der Waals surface area contributed by atoms with E-state index in [1.54, 1.807) is 0 Å². The number of aliphatic hydroxyl groups is 1. The van der Waals surface area contributed by atoms with Crippen LogP contribution in [-0.4, -0.2) is 41.4 Å². The summed E-state index contributed by atoms with van der Waals surface area (Å²) in [5, 5.41) is 11.6. The van der Waals surface area contributed by atoms with Gasteiger partial charge in [-0.25, -0.2) is 0 Å². The van der Waals surface area contributed by atoms with Gasteiger partial charge in [-0.1, -0.05) is 32.6 Å². The van der Waals surface area contributed by atoms with E-state index in [1.165, 1.54) is 108 Å². The van der Waals surface area contributed by atoms with Gasteiger partial charge in [-0.15, -0.1) is 0 Å². The van der Waals surface area contributed by atoms with Gasteiger partial charge in [0.05, 0.1) is 31.8 Å². The highest BCUT2D eigenvalue weighted by molar-refractivity contribution is 5.06. The van der Waals surface area contributed by atoms with Gasteiger partial charge in [0.15, 0.2) is 0 Å². The molecule has 0 heterocycles. The molecule has 0 spiro atoms. The Bertz CT molecular complexity index is 414. The van der Waals surface area contributed by atoms with Gasteiger partial charge in [0, 0.05) is 0 Å². The largest absolute Gasteiger partial charge is 0.389 e. The Labute approximate surface area is 169 Å². The average molecular weight is 379 g/mol. The van der Waals surface area contributed by atoms with Crippen LogP contribution in [0.3, 0.4) is 0 Å². The summed E-state index contributed by atoms with van der Waals surface area (Å²) in [6, 6.07) is 0. The second-order valence-electron chi connectivity index (χ2n) is 10.6. The topological polar surface area (TPSA) is 20.2 Å². The average Bonchev–Trinajstić information content (AvgIpc) is 2.67. The van der Waals surface area contributed by atoms with Gasteiger partial charge < -0.3 is 9.59 Å². The molecule has 158 valence electrons. The second kappa shape index (κ2) is 9.61. The highest BCUT2D eigenvalue weighted by Crippen LogP contribution is 2.59. The van der Waals surface area contributed by atoms with Gasteiger partial charge in [0.25, 0.3) is 0 Å². The molecule has 4 aliphatic carbocycles. The summed E-state index contributed by atoms with van der Waals surface area (Å²) in [6.45, 7) is 12.2. The number of rotatable bonds is 13. The molecule has 0 amide bonds. The van der Waals surface area contributed by atoms with Crippen LogP contribution >= 0.6 is 0 Å². The van der Waals surface area contributed by atoms with Crippen molar-refractivity contribution in [3.05, 3.63) is 0 Å². The predicted octanol–water partition coefficient (Wildman–Crippen LogP) is 6.17. The summed E-state index contributed by atoms with van der Waals surface area (Å²) in [5.41, 5.74) is -0.301. The van der Waals surface area contributed by atoms with E-state index >= 15 is 0 Å². The van der Waals surface area contributed by atoms with E-state index in [4.69, 9.17) is 0 Å². The van der Waals surface area contributed by atoms with Crippen LogP contribution in [-0.2, 0) is 0 Å². The molecule has 4 bridgehead atoms. The summed E-state index contributed by atoms with van der Waals surface area (Å²) >= 11 is 0. The molecule has 0 aromatic rings. The Kier molecular flexibility index (Phi) is 7.70. The number of hydrogen-bond donors (Lipinski definition) is 1. The zero-order valence-corrected chi connectivity index (χ0v) is 18.7. The van der Waals surface area contributed by atoms with Crippen LogP contribution in [0.5, 0.6) is 0 Å². The van der Waals surface area contributed by atoms with Gasteiger partial charge >= 0.3 is 0 Å². The van der Waals surface area contributed by atoms with E-state index in [0.717, 1.165) is 18.3 Å². The van der Waals surface area contributed by atoms with E-state index in [1.807, 2.05) is 0 Å². The van der Waals surface area contributed by atoms with Crippen LogP contribution in [0.4, 0.5) is 0 Å². The maximum Gasteiger partial charge on any atom is 0.0787 e. The Morgan fingerprint density at radius 2 is 1.22 bits per heavy atom. The van der Waals surface area contributed by atoms with Gasteiger partial charge in [-0.3, -0.25) is 0 Å². The first-order valence-electron chi connectivity index (χ1n) is 12.6. The normalized spacial score (nSPS) is 35.1. The number of quaternary nitrogens is 1. The number of hydrogen-bond acceptors (Lipinski definition) is 1. The zero-order valence-electron chi connectivity index (χ0n) is 18.7. The molecule has 0 aliphatic heterocycles. The minimum atomic E-state index is -0.301. The maximum absolute atomic E-state index is 11.6. The van der Waals surface area contributed by atoms with Gasteiger partial charge in [0.2, 0.25) is 0 Å². The van der Waals surface area contributed by atoms with Crippen molar-refractivity contribution in [2.75, 3.05) is 26.2 Å². The summed E-state index contributed by atoms with van der Waals surface area (Å²) in [6.07, 6.45) is 17.5. The molecule has 0 radical (unpaired) electrons. The van der Waals surface area contributed by atoms with Crippen LogP contribution in [0.25, 0.3) is 0 Å². The van der Waals surface area contributed by atoms with Crippen molar-refractivity contribution in [2.45, 2.75) is 110 Å². The lowest BCUT2D eigenvalue weighted by Crippen LogP contribution is -2.58. The fourth-order valence-electron chi connectivity index (χ4n) is 7.30. The van der Waals surface area contributed by atoms with E-state index in [0.29, 0.717) is 11.8 Å². The molecule has 2 heteroatoms. The third kappa shape index (κ3) is 4.92.